The zero-order valence-electron chi connectivity index (χ0n) is 7.40. The fourth-order valence-electron chi connectivity index (χ4n) is 1.42. The molecule has 2 N–H and O–H groups in total. The van der Waals surface area contributed by atoms with Crippen molar-refractivity contribution in [2.75, 3.05) is 6.54 Å². The Hall–Kier alpha value is 0.557. The van der Waals surface area contributed by atoms with Crippen LogP contribution in [0.5, 0.6) is 0 Å². The molecule has 0 atom stereocenters. The van der Waals surface area contributed by atoms with Gasteiger partial charge in [-0.3, -0.25) is 0 Å². The standard InChI is InChI=1S/C7H15N.Li.H/c8-6-7-4-2-1-3-5-7;;/h7H,1-6,8H2;;/q;+1;-1. The van der Waals surface area contributed by atoms with E-state index in [2.05, 4.69) is 0 Å². The summed E-state index contributed by atoms with van der Waals surface area (Å²) in [5.41, 5.74) is 5.50. The zero-order chi connectivity index (χ0) is 5.82. The van der Waals surface area contributed by atoms with Crippen LogP contribution < -0.4 is 24.6 Å². The van der Waals surface area contributed by atoms with Crippen LogP contribution >= 0.6 is 0 Å². The van der Waals surface area contributed by atoms with Gasteiger partial charge in [-0.15, -0.1) is 0 Å². The van der Waals surface area contributed by atoms with Crippen molar-refractivity contribution < 1.29 is 20.3 Å². The van der Waals surface area contributed by atoms with E-state index in [4.69, 9.17) is 5.73 Å². The molecular weight excluding hydrogens is 105 g/mol. The Morgan fingerprint density at radius 1 is 1.22 bits per heavy atom. The monoisotopic (exact) mass is 121 g/mol. The second kappa shape index (κ2) is 5.35. The Morgan fingerprint density at radius 2 is 1.78 bits per heavy atom. The molecule has 0 saturated heterocycles. The zero-order valence-corrected chi connectivity index (χ0v) is 6.40. The third kappa shape index (κ3) is 3.30. The molecule has 0 spiro atoms. The van der Waals surface area contributed by atoms with Gasteiger partial charge in [-0.05, 0) is 25.3 Å². The van der Waals surface area contributed by atoms with Gasteiger partial charge in [-0.25, -0.2) is 0 Å². The van der Waals surface area contributed by atoms with Gasteiger partial charge in [0.05, 0.1) is 0 Å². The summed E-state index contributed by atoms with van der Waals surface area (Å²) in [5.74, 6) is 0.865. The second-order valence-corrected chi connectivity index (χ2v) is 2.74. The van der Waals surface area contributed by atoms with Crippen LogP contribution in [0.15, 0.2) is 0 Å². The average molecular weight is 121 g/mol. The Balaban J connectivity index is 0. The molecule has 0 radical (unpaired) electrons. The minimum absolute atomic E-state index is 0. The van der Waals surface area contributed by atoms with Crippen molar-refractivity contribution in [3.63, 3.8) is 0 Å². The minimum atomic E-state index is 0. The van der Waals surface area contributed by atoms with Gasteiger partial charge < -0.3 is 7.16 Å². The van der Waals surface area contributed by atoms with Gasteiger partial charge in [0.25, 0.3) is 0 Å². The fraction of sp³-hybridized carbons (Fsp3) is 1.00. The molecule has 50 valence electrons. The Bertz CT molecular complexity index is 64.6. The third-order valence-electron chi connectivity index (χ3n) is 2.06. The first kappa shape index (κ1) is 9.56. The van der Waals surface area contributed by atoms with Crippen LogP contribution in [0.25, 0.3) is 0 Å². The molecule has 0 aromatic carbocycles. The average Bonchev–Trinajstić information content (AvgIpc) is 1.90. The predicted molar refractivity (Wildman–Crippen MR) is 36.7 cm³/mol. The number of hydrogen-bond donors (Lipinski definition) is 1. The van der Waals surface area contributed by atoms with Crippen LogP contribution in [-0.2, 0) is 0 Å². The SMILES string of the molecule is NCC1CCCCC1.[H-].[Li+]. The molecule has 0 aliphatic heterocycles. The second-order valence-electron chi connectivity index (χ2n) is 2.74. The Morgan fingerprint density at radius 3 is 2.11 bits per heavy atom. The maximum atomic E-state index is 5.50. The van der Waals surface area contributed by atoms with E-state index in [-0.39, 0.29) is 20.3 Å². The molecule has 0 aromatic heterocycles. The van der Waals surface area contributed by atoms with Crippen molar-refractivity contribution in [2.45, 2.75) is 32.1 Å². The van der Waals surface area contributed by atoms with E-state index in [1.807, 2.05) is 0 Å². The summed E-state index contributed by atoms with van der Waals surface area (Å²) in [4.78, 5) is 0. The van der Waals surface area contributed by atoms with Crippen LogP contribution in [0.4, 0.5) is 0 Å². The first-order valence-corrected chi connectivity index (χ1v) is 3.63. The summed E-state index contributed by atoms with van der Waals surface area (Å²) >= 11 is 0. The molecule has 1 rings (SSSR count). The van der Waals surface area contributed by atoms with Gasteiger partial charge in [0.15, 0.2) is 0 Å². The van der Waals surface area contributed by atoms with E-state index in [1.165, 1.54) is 32.1 Å². The molecule has 1 aliphatic rings. The van der Waals surface area contributed by atoms with Crippen molar-refractivity contribution in [2.24, 2.45) is 11.7 Å². The van der Waals surface area contributed by atoms with E-state index >= 15 is 0 Å². The Kier molecular flexibility index (Phi) is 5.68. The molecular formula is C7H16LiN. The van der Waals surface area contributed by atoms with E-state index in [1.54, 1.807) is 0 Å². The van der Waals surface area contributed by atoms with Gasteiger partial charge in [-0.2, -0.15) is 0 Å². The topological polar surface area (TPSA) is 26.0 Å². The number of rotatable bonds is 1. The summed E-state index contributed by atoms with van der Waals surface area (Å²) < 4.78 is 0. The largest absolute Gasteiger partial charge is 1.00 e. The van der Waals surface area contributed by atoms with Crippen LogP contribution in [0.1, 0.15) is 33.5 Å². The summed E-state index contributed by atoms with van der Waals surface area (Å²) in [5, 5.41) is 0. The van der Waals surface area contributed by atoms with Gasteiger partial charge in [-0.1, -0.05) is 19.3 Å². The van der Waals surface area contributed by atoms with E-state index in [9.17, 15) is 0 Å². The van der Waals surface area contributed by atoms with Gasteiger partial charge in [0.2, 0.25) is 0 Å². The van der Waals surface area contributed by atoms with Crippen molar-refractivity contribution in [3.05, 3.63) is 0 Å². The molecule has 9 heavy (non-hydrogen) atoms. The maximum absolute atomic E-state index is 5.50. The quantitative estimate of drug-likeness (QED) is 0.426. The van der Waals surface area contributed by atoms with Gasteiger partial charge in [0, 0.05) is 0 Å². The first-order chi connectivity index (χ1) is 3.93. The molecule has 2 heteroatoms. The van der Waals surface area contributed by atoms with Crippen LogP contribution in [0, 0.1) is 5.92 Å². The molecule has 1 aliphatic carbocycles. The van der Waals surface area contributed by atoms with Crippen molar-refractivity contribution >= 4 is 0 Å². The van der Waals surface area contributed by atoms with E-state index < -0.39 is 0 Å². The van der Waals surface area contributed by atoms with Crippen molar-refractivity contribution in [1.82, 2.24) is 0 Å². The Labute approximate surface area is 71.0 Å². The maximum Gasteiger partial charge on any atom is 1.00 e. The molecule has 0 unspecified atom stereocenters. The summed E-state index contributed by atoms with van der Waals surface area (Å²) in [6.45, 7) is 0.917. The molecule has 0 heterocycles. The normalized spacial score (nSPS) is 21.0. The molecule has 0 amide bonds. The summed E-state index contributed by atoms with van der Waals surface area (Å²) in [6, 6.07) is 0. The van der Waals surface area contributed by atoms with Gasteiger partial charge in [0.1, 0.15) is 0 Å². The van der Waals surface area contributed by atoms with Crippen LogP contribution in [0.2, 0.25) is 0 Å². The molecule has 1 fully saturated rings. The molecule has 1 nitrogen and oxygen atoms in total. The summed E-state index contributed by atoms with van der Waals surface area (Å²) in [7, 11) is 0. The molecule has 0 bridgehead atoms. The van der Waals surface area contributed by atoms with Gasteiger partial charge >= 0.3 is 18.9 Å². The fourth-order valence-corrected chi connectivity index (χ4v) is 1.42. The van der Waals surface area contributed by atoms with Crippen LogP contribution in [0.3, 0.4) is 0 Å². The van der Waals surface area contributed by atoms with E-state index in [0.717, 1.165) is 12.5 Å². The predicted octanol–water partition coefficient (Wildman–Crippen LogP) is -1.36. The van der Waals surface area contributed by atoms with Crippen LogP contribution in [-0.4, -0.2) is 6.54 Å². The summed E-state index contributed by atoms with van der Waals surface area (Å²) in [6.07, 6.45) is 7.05. The third-order valence-corrected chi connectivity index (χ3v) is 2.06. The molecule has 1 saturated carbocycles. The number of nitrogens with two attached hydrogens (primary N) is 1. The smallest absolute Gasteiger partial charge is 1.00 e. The van der Waals surface area contributed by atoms with E-state index in [0.29, 0.717) is 0 Å². The van der Waals surface area contributed by atoms with Crippen molar-refractivity contribution in [1.29, 1.82) is 0 Å². The number of hydrogen-bond acceptors (Lipinski definition) is 1. The molecule has 0 aromatic rings. The minimum Gasteiger partial charge on any atom is -1.00 e. The first-order valence-electron chi connectivity index (χ1n) is 3.63. The van der Waals surface area contributed by atoms with Crippen molar-refractivity contribution in [3.8, 4) is 0 Å².